The molecule has 0 fully saturated rings. The summed E-state index contributed by atoms with van der Waals surface area (Å²) in [6.07, 6.45) is 7.65. The number of benzene rings is 4. The number of nitrogens with one attached hydrogen (secondary N) is 2. The van der Waals surface area contributed by atoms with E-state index in [1.165, 1.54) is 32.7 Å². The van der Waals surface area contributed by atoms with Crippen LogP contribution in [0, 0.1) is 5.41 Å². The van der Waals surface area contributed by atoms with Crippen LogP contribution in [0.5, 0.6) is 0 Å². The summed E-state index contributed by atoms with van der Waals surface area (Å²) in [6, 6.07) is 29.4. The van der Waals surface area contributed by atoms with Crippen LogP contribution in [0.25, 0.3) is 21.5 Å². The van der Waals surface area contributed by atoms with Crippen molar-refractivity contribution in [3.8, 4) is 0 Å². The van der Waals surface area contributed by atoms with Gasteiger partial charge in [-0.25, -0.2) is 0 Å². The summed E-state index contributed by atoms with van der Waals surface area (Å²) in [6.45, 7) is 7.97. The number of hydrogen-bond acceptors (Lipinski definition) is 4. The Morgan fingerprint density at radius 1 is 0.551 bits per heavy atom. The topological polar surface area (TPSA) is 98.7 Å². The monoisotopic (exact) mass is 666 g/mol. The Bertz CT molecular complexity index is 1530. The van der Waals surface area contributed by atoms with Crippen LogP contribution in [0.15, 0.2) is 84.9 Å². The molecule has 264 valence electrons. The first-order chi connectivity index (χ1) is 23.6. The summed E-state index contributed by atoms with van der Waals surface area (Å²) < 4.78 is 0. The van der Waals surface area contributed by atoms with E-state index < -0.39 is 16.6 Å². The highest BCUT2D eigenvalue weighted by molar-refractivity contribution is 6.05. The van der Waals surface area contributed by atoms with Crippen molar-refractivity contribution in [1.82, 2.24) is 10.6 Å². The fraction of sp³-hybridized carbons (Fsp3) is 0.488. The van der Waals surface area contributed by atoms with Crippen molar-refractivity contribution in [3.05, 3.63) is 96.1 Å². The minimum absolute atomic E-state index is 0.0954. The Hall–Kier alpha value is -3.74. The molecule has 0 heterocycles. The second kappa shape index (κ2) is 17.8. The summed E-state index contributed by atoms with van der Waals surface area (Å²) in [5.41, 5.74) is -0.907. The summed E-state index contributed by atoms with van der Waals surface area (Å²) in [5.74, 6) is -0.734. The Balaban J connectivity index is 1.35. The number of aryl methyl sites for hydroxylation is 2. The molecule has 0 saturated heterocycles. The van der Waals surface area contributed by atoms with E-state index in [2.05, 4.69) is 83.4 Å². The molecule has 0 aliphatic rings. The molecule has 2 amide bonds. The zero-order chi connectivity index (χ0) is 35.3. The normalized spacial score (nSPS) is 14.3. The van der Waals surface area contributed by atoms with E-state index in [0.29, 0.717) is 38.5 Å². The third kappa shape index (κ3) is 9.70. The van der Waals surface area contributed by atoms with Crippen molar-refractivity contribution in [2.24, 2.45) is 5.41 Å². The lowest BCUT2D eigenvalue weighted by Crippen LogP contribution is -2.56. The van der Waals surface area contributed by atoms with Crippen LogP contribution >= 0.6 is 0 Å². The van der Waals surface area contributed by atoms with Gasteiger partial charge in [-0.2, -0.15) is 0 Å². The zero-order valence-corrected chi connectivity index (χ0v) is 30.2. The fourth-order valence-corrected chi connectivity index (χ4v) is 7.59. The van der Waals surface area contributed by atoms with Crippen LogP contribution in [0.3, 0.4) is 0 Å². The van der Waals surface area contributed by atoms with Gasteiger partial charge in [-0.15, -0.1) is 0 Å². The van der Waals surface area contributed by atoms with Crippen molar-refractivity contribution in [2.45, 2.75) is 116 Å². The van der Waals surface area contributed by atoms with Crippen molar-refractivity contribution in [2.75, 3.05) is 13.1 Å². The van der Waals surface area contributed by atoms with Gasteiger partial charge in [0, 0.05) is 13.1 Å². The maximum atomic E-state index is 13.8. The number of rotatable bonds is 20. The van der Waals surface area contributed by atoms with Crippen LogP contribution < -0.4 is 10.6 Å². The first-order valence-electron chi connectivity index (χ1n) is 18.6. The Kier molecular flexibility index (Phi) is 13.8. The molecule has 0 aliphatic heterocycles. The van der Waals surface area contributed by atoms with Crippen LogP contribution in [-0.4, -0.2) is 46.3 Å². The van der Waals surface area contributed by atoms with Gasteiger partial charge in [-0.1, -0.05) is 125 Å². The first kappa shape index (κ1) is 38.1. The number of hydrogen-bond donors (Lipinski definition) is 4. The van der Waals surface area contributed by atoms with Gasteiger partial charge in [0.15, 0.2) is 0 Å². The molecule has 0 saturated carbocycles. The van der Waals surface area contributed by atoms with Gasteiger partial charge >= 0.3 is 0 Å². The van der Waals surface area contributed by atoms with Crippen LogP contribution in [0.2, 0.25) is 0 Å². The number of amides is 2. The molecule has 6 heteroatoms. The standard InChI is InChI=1S/C43H58N2O4/c1-5-27-41(48,29-15-23-35-21-13-19-33-17-9-11-25-37(33)35)31-44-39(46)43(7-3,8-4)40(47)45-32-42(49,28-6-2)30-16-24-36-22-14-20-34-18-10-12-26-38(34)36/h9-14,17-22,25-26,48-49H,5-8,15-16,23-24,27-32H2,1-4H3,(H,44,46)(H,45,47). The van der Waals surface area contributed by atoms with Gasteiger partial charge in [0.05, 0.1) is 11.2 Å². The summed E-state index contributed by atoms with van der Waals surface area (Å²) in [4.78, 5) is 27.6. The third-order valence-corrected chi connectivity index (χ3v) is 10.6. The summed E-state index contributed by atoms with van der Waals surface area (Å²) in [7, 11) is 0. The average Bonchev–Trinajstić information content (AvgIpc) is 3.11. The molecule has 49 heavy (non-hydrogen) atoms. The molecule has 4 aromatic carbocycles. The lowest BCUT2D eigenvalue weighted by molar-refractivity contribution is -0.146. The minimum Gasteiger partial charge on any atom is -0.388 e. The van der Waals surface area contributed by atoms with E-state index in [9.17, 15) is 19.8 Å². The molecule has 0 bridgehead atoms. The molecule has 0 radical (unpaired) electrons. The van der Waals surface area contributed by atoms with Gasteiger partial charge in [0.1, 0.15) is 5.41 Å². The fourth-order valence-electron chi connectivity index (χ4n) is 7.59. The SMILES string of the molecule is CCCC(O)(CCCc1cccc2ccccc12)CNC(=O)C(CC)(CC)C(=O)NCC(O)(CCC)CCCc1cccc2ccccc12. The molecular formula is C43H58N2O4. The van der Waals surface area contributed by atoms with E-state index >= 15 is 0 Å². The van der Waals surface area contributed by atoms with Gasteiger partial charge in [0.2, 0.25) is 11.8 Å². The van der Waals surface area contributed by atoms with Crippen molar-refractivity contribution < 1.29 is 19.8 Å². The van der Waals surface area contributed by atoms with Gasteiger partial charge < -0.3 is 20.8 Å². The van der Waals surface area contributed by atoms with Crippen molar-refractivity contribution in [3.63, 3.8) is 0 Å². The Morgan fingerprint density at radius 3 is 1.33 bits per heavy atom. The predicted molar refractivity (Wildman–Crippen MR) is 203 cm³/mol. The lowest BCUT2D eigenvalue weighted by atomic mass is 9.79. The first-order valence-corrected chi connectivity index (χ1v) is 18.6. The second-order valence-electron chi connectivity index (χ2n) is 14.1. The molecular weight excluding hydrogens is 608 g/mol. The predicted octanol–water partition coefficient (Wildman–Crippen LogP) is 8.44. The van der Waals surface area contributed by atoms with Crippen LogP contribution in [0.1, 0.15) is 103 Å². The highest BCUT2D eigenvalue weighted by Crippen LogP contribution is 2.30. The zero-order valence-electron chi connectivity index (χ0n) is 30.2. The van der Waals surface area contributed by atoms with Gasteiger partial charge in [0.25, 0.3) is 0 Å². The molecule has 0 aromatic heterocycles. The second-order valence-corrected chi connectivity index (χ2v) is 14.1. The van der Waals surface area contributed by atoms with E-state index in [1.807, 2.05) is 39.8 Å². The van der Waals surface area contributed by atoms with Crippen molar-refractivity contribution >= 4 is 33.4 Å². The number of carbonyl (C=O) groups is 2. The molecule has 0 aliphatic carbocycles. The van der Waals surface area contributed by atoms with E-state index in [-0.39, 0.29) is 24.9 Å². The highest BCUT2D eigenvalue weighted by atomic mass is 16.3. The molecule has 4 rings (SSSR count). The quantitative estimate of drug-likeness (QED) is 0.0712. The minimum atomic E-state index is -1.29. The van der Waals surface area contributed by atoms with Gasteiger partial charge in [-0.3, -0.25) is 9.59 Å². The highest BCUT2D eigenvalue weighted by Gasteiger charge is 2.44. The molecule has 4 aromatic rings. The number of fused-ring (bicyclic) bond motifs is 2. The summed E-state index contributed by atoms with van der Waals surface area (Å²) in [5, 5.41) is 34.1. The maximum absolute atomic E-state index is 13.8. The Morgan fingerprint density at radius 2 is 0.939 bits per heavy atom. The van der Waals surface area contributed by atoms with E-state index in [1.54, 1.807) is 0 Å². The van der Waals surface area contributed by atoms with Crippen molar-refractivity contribution in [1.29, 1.82) is 0 Å². The number of carbonyl (C=O) groups excluding carboxylic acids is 2. The Labute approximate surface area is 293 Å². The molecule has 2 atom stereocenters. The maximum Gasteiger partial charge on any atom is 0.235 e. The number of aliphatic hydroxyl groups is 2. The van der Waals surface area contributed by atoms with E-state index in [4.69, 9.17) is 0 Å². The molecule has 0 spiro atoms. The smallest absolute Gasteiger partial charge is 0.235 e. The lowest BCUT2D eigenvalue weighted by Gasteiger charge is -2.34. The molecule has 4 N–H and O–H groups in total. The van der Waals surface area contributed by atoms with Crippen LogP contribution in [0.4, 0.5) is 0 Å². The average molecular weight is 667 g/mol. The van der Waals surface area contributed by atoms with E-state index in [0.717, 1.165) is 38.5 Å². The summed E-state index contributed by atoms with van der Waals surface area (Å²) >= 11 is 0. The van der Waals surface area contributed by atoms with Crippen LogP contribution in [-0.2, 0) is 22.4 Å². The third-order valence-electron chi connectivity index (χ3n) is 10.6. The van der Waals surface area contributed by atoms with Gasteiger partial charge in [-0.05, 0) is 96.9 Å². The molecule has 2 unspecified atom stereocenters. The molecule has 6 nitrogen and oxygen atoms in total. The largest absolute Gasteiger partial charge is 0.388 e.